The molecule has 3 N–H and O–H groups in total. The van der Waals surface area contributed by atoms with Crippen LogP contribution in [0, 0.1) is 5.82 Å². The van der Waals surface area contributed by atoms with Crippen molar-refractivity contribution in [3.8, 4) is 0 Å². The van der Waals surface area contributed by atoms with Gasteiger partial charge in [0.25, 0.3) is 0 Å². The molecule has 0 aliphatic carbocycles. The van der Waals surface area contributed by atoms with Crippen molar-refractivity contribution in [1.29, 1.82) is 0 Å². The number of halogens is 1. The van der Waals surface area contributed by atoms with Crippen molar-refractivity contribution >= 4 is 28.6 Å². The number of nitrogens with one attached hydrogen (secondary N) is 1. The molecule has 0 radical (unpaired) electrons. The zero-order valence-corrected chi connectivity index (χ0v) is 15.7. The van der Waals surface area contributed by atoms with E-state index in [0.717, 1.165) is 35.7 Å². The lowest BCUT2D eigenvalue weighted by atomic mass is 10.1. The van der Waals surface area contributed by atoms with E-state index in [4.69, 9.17) is 5.73 Å². The summed E-state index contributed by atoms with van der Waals surface area (Å²) < 4.78 is 13.7. The van der Waals surface area contributed by atoms with E-state index in [9.17, 15) is 4.39 Å². The van der Waals surface area contributed by atoms with Gasteiger partial charge in [-0.25, -0.2) is 9.37 Å². The maximum absolute atomic E-state index is 13.7. The first-order valence-corrected chi connectivity index (χ1v) is 9.46. The molecule has 1 aliphatic rings. The second kappa shape index (κ2) is 7.05. The maximum atomic E-state index is 13.7. The normalized spacial score (nSPS) is 14.1. The van der Waals surface area contributed by atoms with Gasteiger partial charge in [-0.3, -0.25) is 0 Å². The third kappa shape index (κ3) is 3.33. The highest BCUT2D eigenvalue weighted by Gasteiger charge is 2.23. The van der Waals surface area contributed by atoms with E-state index >= 15 is 0 Å². The van der Waals surface area contributed by atoms with Gasteiger partial charge in [0.05, 0.1) is 6.33 Å². The van der Waals surface area contributed by atoms with E-state index < -0.39 is 0 Å². The molecule has 0 amide bonds. The number of hydrogen-bond donors (Lipinski definition) is 2. The minimum Gasteiger partial charge on any atom is -0.368 e. The summed E-state index contributed by atoms with van der Waals surface area (Å²) in [5.41, 5.74) is 10.5. The molecule has 8 heteroatoms. The van der Waals surface area contributed by atoms with Crippen molar-refractivity contribution in [1.82, 2.24) is 19.9 Å². The van der Waals surface area contributed by atoms with Gasteiger partial charge < -0.3 is 20.5 Å². The van der Waals surface area contributed by atoms with Crippen LogP contribution in [0.5, 0.6) is 0 Å². The number of imidazole rings is 1. The van der Waals surface area contributed by atoms with Crippen molar-refractivity contribution in [2.75, 3.05) is 28.6 Å². The Bertz CT molecular complexity index is 1170. The first-order chi connectivity index (χ1) is 14.2. The van der Waals surface area contributed by atoms with Gasteiger partial charge in [-0.05, 0) is 29.3 Å². The van der Waals surface area contributed by atoms with Crippen LogP contribution in [0.15, 0.2) is 54.9 Å². The van der Waals surface area contributed by atoms with E-state index in [1.54, 1.807) is 18.5 Å². The lowest BCUT2D eigenvalue weighted by Gasteiger charge is -2.25. The van der Waals surface area contributed by atoms with Gasteiger partial charge in [0.15, 0.2) is 11.5 Å². The zero-order valence-electron chi connectivity index (χ0n) is 15.7. The van der Waals surface area contributed by atoms with Crippen LogP contribution in [0.25, 0.3) is 11.2 Å². The fraction of sp³-hybridized carbons (Fsp3) is 0.190. The van der Waals surface area contributed by atoms with Gasteiger partial charge in [-0.15, -0.1) is 0 Å². The Hall–Kier alpha value is -3.68. The van der Waals surface area contributed by atoms with E-state index in [1.165, 1.54) is 11.6 Å². The highest BCUT2D eigenvalue weighted by atomic mass is 19.1. The van der Waals surface area contributed by atoms with Crippen LogP contribution in [-0.2, 0) is 13.1 Å². The van der Waals surface area contributed by atoms with Gasteiger partial charge in [0.1, 0.15) is 11.3 Å². The number of nitrogens with two attached hydrogens (primary N) is 1. The third-order valence-corrected chi connectivity index (χ3v) is 5.18. The highest BCUT2D eigenvalue weighted by Crippen LogP contribution is 2.30. The molecule has 3 heterocycles. The van der Waals surface area contributed by atoms with Crippen molar-refractivity contribution in [3.63, 3.8) is 0 Å². The third-order valence-electron chi connectivity index (χ3n) is 5.18. The molecule has 4 aromatic rings. The fourth-order valence-electron chi connectivity index (χ4n) is 3.86. The summed E-state index contributed by atoms with van der Waals surface area (Å²) in [6.07, 6.45) is 1.60. The second-order valence-electron chi connectivity index (χ2n) is 7.11. The monoisotopic (exact) mass is 389 g/mol. The van der Waals surface area contributed by atoms with Crippen molar-refractivity contribution in [3.05, 3.63) is 71.8 Å². The summed E-state index contributed by atoms with van der Waals surface area (Å²) in [7, 11) is 0. The summed E-state index contributed by atoms with van der Waals surface area (Å²) in [6.45, 7) is 2.80. The standard InChI is InChI=1S/C21H20FN7/c22-16-6-3-4-14(10-16)11-28-8-9-29(12-15-5-1-2-7-17(15)28)20-18-19(25-13-24-18)26-21(23)27-20/h1-7,10,13H,8-9,11-12H2,(H3,23,24,25,26,27). The Kier molecular flexibility index (Phi) is 4.23. The minimum absolute atomic E-state index is 0.203. The average Bonchev–Trinajstić information content (AvgIpc) is 3.10. The number of H-pyrrole nitrogens is 1. The number of anilines is 3. The first kappa shape index (κ1) is 17.4. The molecule has 1 aliphatic heterocycles. The van der Waals surface area contributed by atoms with Gasteiger partial charge >= 0.3 is 0 Å². The van der Waals surface area contributed by atoms with E-state index in [2.05, 4.69) is 41.9 Å². The fourth-order valence-corrected chi connectivity index (χ4v) is 3.86. The molecule has 2 aromatic carbocycles. The van der Waals surface area contributed by atoms with Crippen LogP contribution < -0.4 is 15.5 Å². The number of hydrogen-bond acceptors (Lipinski definition) is 6. The summed E-state index contributed by atoms with van der Waals surface area (Å²) in [5.74, 6) is 0.728. The molecule has 0 unspecified atom stereocenters. The van der Waals surface area contributed by atoms with Crippen molar-refractivity contribution in [2.24, 2.45) is 0 Å². The number of nitrogens with zero attached hydrogens (tertiary/aromatic N) is 5. The first-order valence-electron chi connectivity index (χ1n) is 9.46. The summed E-state index contributed by atoms with van der Waals surface area (Å²) in [5, 5.41) is 0. The Morgan fingerprint density at radius 1 is 1.07 bits per heavy atom. The largest absolute Gasteiger partial charge is 0.368 e. The molecule has 146 valence electrons. The maximum Gasteiger partial charge on any atom is 0.224 e. The molecule has 0 spiro atoms. The van der Waals surface area contributed by atoms with Crippen LogP contribution in [-0.4, -0.2) is 33.0 Å². The SMILES string of the molecule is Nc1nc(N2CCN(Cc3cccc(F)c3)c3ccccc3C2)c2[nH]cnc2n1. The Labute approximate surface area is 167 Å². The molecular weight excluding hydrogens is 369 g/mol. The van der Waals surface area contributed by atoms with Gasteiger partial charge in [-0.2, -0.15) is 9.97 Å². The van der Waals surface area contributed by atoms with Crippen molar-refractivity contribution < 1.29 is 4.39 Å². The molecule has 0 saturated carbocycles. The zero-order chi connectivity index (χ0) is 19.8. The number of para-hydroxylation sites is 1. The number of benzene rings is 2. The minimum atomic E-state index is -0.217. The van der Waals surface area contributed by atoms with Crippen LogP contribution in [0.1, 0.15) is 11.1 Å². The molecule has 0 fully saturated rings. The van der Waals surface area contributed by atoms with Crippen LogP contribution in [0.4, 0.5) is 21.8 Å². The summed E-state index contributed by atoms with van der Waals surface area (Å²) in [6, 6.07) is 15.0. The molecule has 7 nitrogen and oxygen atoms in total. The molecule has 0 saturated heterocycles. The van der Waals surface area contributed by atoms with E-state index in [1.807, 2.05) is 18.2 Å². The molecule has 0 atom stereocenters. The van der Waals surface area contributed by atoms with Gasteiger partial charge in [-0.1, -0.05) is 30.3 Å². The number of nitrogen functional groups attached to an aromatic ring is 1. The van der Waals surface area contributed by atoms with E-state index in [-0.39, 0.29) is 11.8 Å². The average molecular weight is 389 g/mol. The number of aromatic nitrogens is 4. The smallest absolute Gasteiger partial charge is 0.224 e. The molecular formula is C21H20FN7. The quantitative estimate of drug-likeness (QED) is 0.560. The van der Waals surface area contributed by atoms with E-state index in [0.29, 0.717) is 18.7 Å². The molecule has 5 rings (SSSR count). The number of aromatic amines is 1. The second-order valence-corrected chi connectivity index (χ2v) is 7.11. The van der Waals surface area contributed by atoms with Crippen LogP contribution in [0.3, 0.4) is 0 Å². The Morgan fingerprint density at radius 3 is 2.86 bits per heavy atom. The van der Waals surface area contributed by atoms with Gasteiger partial charge in [0.2, 0.25) is 5.95 Å². The predicted octanol–water partition coefficient (Wildman–Crippen LogP) is 3.10. The number of fused-ring (bicyclic) bond motifs is 2. The van der Waals surface area contributed by atoms with Crippen LogP contribution >= 0.6 is 0 Å². The molecule has 29 heavy (non-hydrogen) atoms. The lowest BCUT2D eigenvalue weighted by Crippen LogP contribution is -2.32. The summed E-state index contributed by atoms with van der Waals surface area (Å²) >= 11 is 0. The van der Waals surface area contributed by atoms with Crippen LogP contribution in [0.2, 0.25) is 0 Å². The molecule has 2 aromatic heterocycles. The lowest BCUT2D eigenvalue weighted by molar-refractivity contribution is 0.624. The Balaban J connectivity index is 1.51. The van der Waals surface area contributed by atoms with Gasteiger partial charge in [0, 0.05) is 31.9 Å². The highest BCUT2D eigenvalue weighted by molar-refractivity contribution is 5.84. The molecule has 0 bridgehead atoms. The topological polar surface area (TPSA) is 87.0 Å². The number of rotatable bonds is 3. The van der Waals surface area contributed by atoms with Crippen molar-refractivity contribution in [2.45, 2.75) is 13.1 Å². The Morgan fingerprint density at radius 2 is 1.97 bits per heavy atom. The summed E-state index contributed by atoms with van der Waals surface area (Å²) in [4.78, 5) is 20.5. The predicted molar refractivity (Wildman–Crippen MR) is 111 cm³/mol.